The molecule has 1 N–H and O–H groups in total. The summed E-state index contributed by atoms with van der Waals surface area (Å²) < 4.78 is 13.5. The van der Waals surface area contributed by atoms with E-state index in [-0.39, 0.29) is 11.2 Å². The molecule has 1 aromatic heterocycles. The molecular weight excluding hydrogens is 273 g/mol. The SMILES string of the molecule is Cc1ccc(C(O)Cc2nc(C(C)(C)C)cs2)cc1F. The fourth-order valence-electron chi connectivity index (χ4n) is 1.85. The number of thiazole rings is 1. The third-order valence-corrected chi connectivity index (χ3v) is 4.14. The van der Waals surface area contributed by atoms with Crippen LogP contribution >= 0.6 is 11.3 Å². The Hall–Kier alpha value is -1.26. The quantitative estimate of drug-likeness (QED) is 0.921. The Morgan fingerprint density at radius 1 is 1.35 bits per heavy atom. The van der Waals surface area contributed by atoms with Gasteiger partial charge in [0, 0.05) is 17.2 Å². The third-order valence-electron chi connectivity index (χ3n) is 3.27. The Morgan fingerprint density at radius 3 is 2.60 bits per heavy atom. The summed E-state index contributed by atoms with van der Waals surface area (Å²) in [4.78, 5) is 4.55. The highest BCUT2D eigenvalue weighted by molar-refractivity contribution is 7.09. The molecule has 1 heterocycles. The maximum Gasteiger partial charge on any atom is 0.126 e. The molecule has 0 saturated heterocycles. The van der Waals surface area contributed by atoms with Gasteiger partial charge in [-0.15, -0.1) is 11.3 Å². The molecule has 0 aliphatic heterocycles. The summed E-state index contributed by atoms with van der Waals surface area (Å²) in [5.74, 6) is -0.281. The highest BCUT2D eigenvalue weighted by Crippen LogP contribution is 2.27. The fraction of sp³-hybridized carbons (Fsp3) is 0.438. The molecule has 1 atom stereocenters. The van der Waals surface area contributed by atoms with Gasteiger partial charge in [0.15, 0.2) is 0 Å². The summed E-state index contributed by atoms with van der Waals surface area (Å²) in [5.41, 5.74) is 2.22. The second kappa shape index (κ2) is 5.62. The molecule has 0 bridgehead atoms. The first-order valence-electron chi connectivity index (χ1n) is 6.66. The van der Waals surface area contributed by atoms with Crippen LogP contribution in [0.1, 0.15) is 48.7 Å². The van der Waals surface area contributed by atoms with Gasteiger partial charge in [-0.25, -0.2) is 9.37 Å². The zero-order valence-electron chi connectivity index (χ0n) is 12.3. The van der Waals surface area contributed by atoms with Crippen LogP contribution in [0.15, 0.2) is 23.6 Å². The number of halogens is 1. The number of aryl methyl sites for hydroxylation is 1. The predicted molar refractivity (Wildman–Crippen MR) is 80.6 cm³/mol. The Bertz CT molecular complexity index is 601. The van der Waals surface area contributed by atoms with Crippen molar-refractivity contribution in [3.8, 4) is 0 Å². The number of rotatable bonds is 3. The van der Waals surface area contributed by atoms with Crippen LogP contribution in [0.25, 0.3) is 0 Å². The maximum atomic E-state index is 13.5. The number of aliphatic hydroxyl groups is 1. The number of aliphatic hydroxyl groups excluding tert-OH is 1. The van der Waals surface area contributed by atoms with Gasteiger partial charge in [-0.05, 0) is 24.1 Å². The summed E-state index contributed by atoms with van der Waals surface area (Å²) in [5, 5.41) is 13.1. The number of nitrogens with zero attached hydrogens (tertiary/aromatic N) is 1. The van der Waals surface area contributed by atoms with Crippen LogP contribution in [0, 0.1) is 12.7 Å². The molecule has 2 aromatic rings. The van der Waals surface area contributed by atoms with Gasteiger partial charge in [0.25, 0.3) is 0 Å². The van der Waals surface area contributed by atoms with Crippen molar-refractivity contribution in [3.63, 3.8) is 0 Å². The molecule has 0 fully saturated rings. The topological polar surface area (TPSA) is 33.1 Å². The van der Waals surface area contributed by atoms with E-state index in [4.69, 9.17) is 0 Å². The van der Waals surface area contributed by atoms with E-state index in [0.29, 0.717) is 17.5 Å². The normalized spacial score (nSPS) is 13.5. The lowest BCUT2D eigenvalue weighted by Crippen LogP contribution is -2.12. The lowest BCUT2D eigenvalue weighted by Gasteiger charge is -2.14. The summed E-state index contributed by atoms with van der Waals surface area (Å²) in [6, 6.07) is 4.86. The molecule has 0 amide bonds. The summed E-state index contributed by atoms with van der Waals surface area (Å²) in [6.07, 6.45) is -0.299. The molecule has 0 radical (unpaired) electrons. The lowest BCUT2D eigenvalue weighted by atomic mass is 9.93. The molecule has 4 heteroatoms. The molecule has 0 saturated carbocycles. The molecule has 1 aromatic carbocycles. The van der Waals surface area contributed by atoms with Gasteiger partial charge < -0.3 is 5.11 Å². The van der Waals surface area contributed by atoms with Crippen molar-refractivity contribution in [3.05, 3.63) is 51.2 Å². The molecule has 0 spiro atoms. The van der Waals surface area contributed by atoms with E-state index in [1.165, 1.54) is 6.07 Å². The van der Waals surface area contributed by atoms with Crippen molar-refractivity contribution in [2.75, 3.05) is 0 Å². The van der Waals surface area contributed by atoms with E-state index >= 15 is 0 Å². The number of hydrogen-bond acceptors (Lipinski definition) is 3. The minimum Gasteiger partial charge on any atom is -0.388 e. The summed E-state index contributed by atoms with van der Waals surface area (Å²) in [7, 11) is 0. The van der Waals surface area contributed by atoms with Crippen LogP contribution in [0.3, 0.4) is 0 Å². The van der Waals surface area contributed by atoms with Crippen LogP contribution in [-0.2, 0) is 11.8 Å². The van der Waals surface area contributed by atoms with Crippen LogP contribution in [0.5, 0.6) is 0 Å². The van der Waals surface area contributed by atoms with Gasteiger partial charge in [-0.2, -0.15) is 0 Å². The average molecular weight is 293 g/mol. The second-order valence-electron chi connectivity index (χ2n) is 6.11. The molecule has 1 unspecified atom stereocenters. The van der Waals surface area contributed by atoms with Gasteiger partial charge >= 0.3 is 0 Å². The van der Waals surface area contributed by atoms with Crippen molar-refractivity contribution < 1.29 is 9.50 Å². The van der Waals surface area contributed by atoms with E-state index < -0.39 is 6.10 Å². The van der Waals surface area contributed by atoms with E-state index in [2.05, 4.69) is 25.8 Å². The monoisotopic (exact) mass is 293 g/mol. The highest BCUT2D eigenvalue weighted by atomic mass is 32.1. The van der Waals surface area contributed by atoms with Crippen LogP contribution in [-0.4, -0.2) is 10.1 Å². The van der Waals surface area contributed by atoms with Crippen molar-refractivity contribution in [2.45, 2.75) is 45.6 Å². The van der Waals surface area contributed by atoms with Gasteiger partial charge in [0.05, 0.1) is 16.8 Å². The average Bonchev–Trinajstić information content (AvgIpc) is 2.81. The summed E-state index contributed by atoms with van der Waals surface area (Å²) in [6.45, 7) is 8.04. The zero-order chi connectivity index (χ0) is 14.9. The van der Waals surface area contributed by atoms with Gasteiger partial charge in [-0.3, -0.25) is 0 Å². The Labute approximate surface area is 123 Å². The first-order chi connectivity index (χ1) is 9.27. The summed E-state index contributed by atoms with van der Waals surface area (Å²) >= 11 is 1.54. The number of aromatic nitrogens is 1. The highest BCUT2D eigenvalue weighted by Gasteiger charge is 2.19. The number of benzene rings is 1. The molecule has 0 aliphatic rings. The van der Waals surface area contributed by atoms with Crippen molar-refractivity contribution in [2.24, 2.45) is 0 Å². The van der Waals surface area contributed by atoms with E-state index in [9.17, 15) is 9.50 Å². The zero-order valence-corrected chi connectivity index (χ0v) is 13.1. The third kappa shape index (κ3) is 3.44. The number of hydrogen-bond donors (Lipinski definition) is 1. The molecule has 20 heavy (non-hydrogen) atoms. The molecule has 0 aliphatic carbocycles. The van der Waals surface area contributed by atoms with Crippen LogP contribution in [0.2, 0.25) is 0 Å². The standard InChI is InChI=1S/C16H20FNOS/c1-10-5-6-11(7-12(10)17)13(19)8-15-18-14(9-20-15)16(2,3)4/h5-7,9,13,19H,8H2,1-4H3. The Balaban J connectivity index is 2.13. The van der Waals surface area contributed by atoms with E-state index in [1.807, 2.05) is 5.38 Å². The fourth-order valence-corrected chi connectivity index (χ4v) is 2.91. The minimum atomic E-state index is -0.718. The van der Waals surface area contributed by atoms with E-state index in [1.54, 1.807) is 30.4 Å². The van der Waals surface area contributed by atoms with Crippen molar-refractivity contribution in [1.29, 1.82) is 0 Å². The first kappa shape index (κ1) is 15.1. The van der Waals surface area contributed by atoms with E-state index in [0.717, 1.165) is 10.7 Å². The predicted octanol–water partition coefficient (Wildman–Crippen LogP) is 4.16. The first-order valence-corrected chi connectivity index (χ1v) is 7.54. The van der Waals surface area contributed by atoms with Crippen molar-refractivity contribution >= 4 is 11.3 Å². The largest absolute Gasteiger partial charge is 0.388 e. The van der Waals surface area contributed by atoms with Crippen LogP contribution < -0.4 is 0 Å². The minimum absolute atomic E-state index is 0.00959. The Morgan fingerprint density at radius 2 is 2.05 bits per heavy atom. The molecule has 108 valence electrons. The van der Waals surface area contributed by atoms with Crippen molar-refractivity contribution in [1.82, 2.24) is 4.98 Å². The smallest absolute Gasteiger partial charge is 0.126 e. The van der Waals surface area contributed by atoms with Gasteiger partial charge in [-0.1, -0.05) is 32.9 Å². The molecular formula is C16H20FNOS. The maximum absolute atomic E-state index is 13.5. The lowest BCUT2D eigenvalue weighted by molar-refractivity contribution is 0.177. The van der Waals surface area contributed by atoms with Gasteiger partial charge in [0.2, 0.25) is 0 Å². The second-order valence-corrected chi connectivity index (χ2v) is 7.05. The Kier molecular flexibility index (Phi) is 4.25. The molecule has 2 rings (SSSR count). The molecule has 2 nitrogen and oxygen atoms in total. The van der Waals surface area contributed by atoms with Crippen LogP contribution in [0.4, 0.5) is 4.39 Å². The van der Waals surface area contributed by atoms with Gasteiger partial charge in [0.1, 0.15) is 5.82 Å².